The minimum absolute atomic E-state index is 0.374. The molecule has 1 N–H and O–H groups in total. The normalized spacial score (nSPS) is 10.8. The van der Waals surface area contributed by atoms with Crippen molar-refractivity contribution < 1.29 is 9.90 Å². The standard InChI is InChI=1S/C14H15NO2/c1-7-5-8(2)13-11(6-7)12(14(16)17)9(3)10(4)15-13/h5-6H,1-4H3,(H,16,17). The summed E-state index contributed by atoms with van der Waals surface area (Å²) in [5.41, 5.74) is 4.76. The number of aromatic carboxylic acids is 1. The molecule has 1 heterocycles. The number of rotatable bonds is 1. The molecule has 0 amide bonds. The first-order valence-corrected chi connectivity index (χ1v) is 5.53. The van der Waals surface area contributed by atoms with Crippen LogP contribution in [-0.2, 0) is 0 Å². The topological polar surface area (TPSA) is 50.2 Å². The molecule has 17 heavy (non-hydrogen) atoms. The second kappa shape index (κ2) is 3.84. The van der Waals surface area contributed by atoms with Crippen LogP contribution in [0.3, 0.4) is 0 Å². The largest absolute Gasteiger partial charge is 0.478 e. The predicted octanol–water partition coefficient (Wildman–Crippen LogP) is 3.17. The summed E-state index contributed by atoms with van der Waals surface area (Å²) in [6.07, 6.45) is 0. The highest BCUT2D eigenvalue weighted by atomic mass is 16.4. The molecule has 88 valence electrons. The number of carboxylic acid groups (broad SMARTS) is 1. The van der Waals surface area contributed by atoms with E-state index in [0.29, 0.717) is 5.56 Å². The van der Waals surface area contributed by atoms with E-state index in [4.69, 9.17) is 0 Å². The summed E-state index contributed by atoms with van der Waals surface area (Å²) in [4.78, 5) is 15.9. The smallest absolute Gasteiger partial charge is 0.336 e. The van der Waals surface area contributed by atoms with Crippen LogP contribution in [0, 0.1) is 27.7 Å². The second-order valence-electron chi connectivity index (χ2n) is 4.48. The van der Waals surface area contributed by atoms with Crippen molar-refractivity contribution in [1.29, 1.82) is 0 Å². The van der Waals surface area contributed by atoms with Crippen LogP contribution in [0.15, 0.2) is 12.1 Å². The zero-order valence-electron chi connectivity index (χ0n) is 10.5. The van der Waals surface area contributed by atoms with Crippen molar-refractivity contribution in [3.63, 3.8) is 0 Å². The minimum Gasteiger partial charge on any atom is -0.478 e. The Morgan fingerprint density at radius 1 is 1.18 bits per heavy atom. The Morgan fingerprint density at radius 3 is 2.41 bits per heavy atom. The molecule has 0 aliphatic rings. The first-order valence-electron chi connectivity index (χ1n) is 5.53. The van der Waals surface area contributed by atoms with Gasteiger partial charge in [-0.3, -0.25) is 4.98 Å². The summed E-state index contributed by atoms with van der Waals surface area (Å²) >= 11 is 0. The molecule has 0 saturated carbocycles. The number of fused-ring (bicyclic) bond motifs is 1. The number of carboxylic acids is 1. The van der Waals surface area contributed by atoms with Gasteiger partial charge in [0.05, 0.1) is 11.1 Å². The molecule has 1 aromatic heterocycles. The summed E-state index contributed by atoms with van der Waals surface area (Å²) in [7, 11) is 0. The number of hydrogen-bond donors (Lipinski definition) is 1. The molecule has 0 fully saturated rings. The maximum Gasteiger partial charge on any atom is 0.336 e. The van der Waals surface area contributed by atoms with Crippen LogP contribution in [0.5, 0.6) is 0 Å². The molecule has 0 radical (unpaired) electrons. The van der Waals surface area contributed by atoms with Gasteiger partial charge in [-0.2, -0.15) is 0 Å². The Morgan fingerprint density at radius 2 is 1.82 bits per heavy atom. The van der Waals surface area contributed by atoms with Crippen LogP contribution >= 0.6 is 0 Å². The van der Waals surface area contributed by atoms with Gasteiger partial charge in [0, 0.05) is 11.1 Å². The molecule has 3 heteroatoms. The van der Waals surface area contributed by atoms with E-state index in [9.17, 15) is 9.90 Å². The van der Waals surface area contributed by atoms with E-state index < -0.39 is 5.97 Å². The monoisotopic (exact) mass is 229 g/mol. The average molecular weight is 229 g/mol. The lowest BCUT2D eigenvalue weighted by Gasteiger charge is -2.11. The fraction of sp³-hybridized carbons (Fsp3) is 0.286. The van der Waals surface area contributed by atoms with Crippen molar-refractivity contribution in [3.8, 4) is 0 Å². The summed E-state index contributed by atoms with van der Waals surface area (Å²) in [5.74, 6) is -0.886. The van der Waals surface area contributed by atoms with Crippen molar-refractivity contribution >= 4 is 16.9 Å². The molecule has 0 saturated heterocycles. The van der Waals surface area contributed by atoms with Crippen molar-refractivity contribution in [3.05, 3.63) is 40.1 Å². The third-order valence-corrected chi connectivity index (χ3v) is 3.13. The molecule has 2 aromatic rings. The van der Waals surface area contributed by atoms with Crippen molar-refractivity contribution in [2.75, 3.05) is 0 Å². The summed E-state index contributed by atoms with van der Waals surface area (Å²) < 4.78 is 0. The number of benzene rings is 1. The molecule has 2 rings (SSSR count). The van der Waals surface area contributed by atoms with Crippen LogP contribution in [0.1, 0.15) is 32.7 Å². The maximum absolute atomic E-state index is 11.4. The molecule has 0 aliphatic carbocycles. The number of pyridine rings is 1. The number of nitrogens with zero attached hydrogens (tertiary/aromatic N) is 1. The number of hydrogen-bond acceptors (Lipinski definition) is 2. The van der Waals surface area contributed by atoms with Gasteiger partial charge in [0.2, 0.25) is 0 Å². The van der Waals surface area contributed by atoms with Gasteiger partial charge < -0.3 is 5.11 Å². The molecular formula is C14H15NO2. The van der Waals surface area contributed by atoms with Gasteiger partial charge in [-0.15, -0.1) is 0 Å². The molecule has 0 aliphatic heterocycles. The van der Waals surface area contributed by atoms with Crippen molar-refractivity contribution in [1.82, 2.24) is 4.98 Å². The molecule has 0 atom stereocenters. The summed E-state index contributed by atoms with van der Waals surface area (Å²) in [5, 5.41) is 10.1. The van der Waals surface area contributed by atoms with E-state index >= 15 is 0 Å². The Balaban J connectivity index is 3.03. The minimum atomic E-state index is -0.886. The zero-order chi connectivity index (χ0) is 12.7. The van der Waals surface area contributed by atoms with Crippen LogP contribution in [0.4, 0.5) is 0 Å². The van der Waals surface area contributed by atoms with Gasteiger partial charge in [-0.25, -0.2) is 4.79 Å². The Kier molecular flexibility index (Phi) is 2.62. The van der Waals surface area contributed by atoms with Crippen molar-refractivity contribution in [2.24, 2.45) is 0 Å². The second-order valence-corrected chi connectivity index (χ2v) is 4.48. The van der Waals surface area contributed by atoms with E-state index in [-0.39, 0.29) is 0 Å². The molecular weight excluding hydrogens is 214 g/mol. The van der Waals surface area contributed by atoms with E-state index in [1.54, 1.807) is 0 Å². The highest BCUT2D eigenvalue weighted by Gasteiger charge is 2.16. The molecule has 0 bridgehead atoms. The first-order chi connectivity index (χ1) is 7.91. The Hall–Kier alpha value is -1.90. The molecule has 1 aromatic carbocycles. The number of carbonyl (C=O) groups is 1. The van der Waals surface area contributed by atoms with Gasteiger partial charge in [0.1, 0.15) is 0 Å². The molecule has 0 spiro atoms. The van der Waals surface area contributed by atoms with Gasteiger partial charge in [0.25, 0.3) is 0 Å². The lowest BCUT2D eigenvalue weighted by Crippen LogP contribution is -2.05. The van der Waals surface area contributed by atoms with Gasteiger partial charge in [-0.05, 0) is 44.9 Å². The van der Waals surface area contributed by atoms with Crippen LogP contribution in [-0.4, -0.2) is 16.1 Å². The fourth-order valence-corrected chi connectivity index (χ4v) is 2.21. The lowest BCUT2D eigenvalue weighted by molar-refractivity contribution is 0.0698. The molecule has 3 nitrogen and oxygen atoms in total. The Bertz CT molecular complexity index is 630. The predicted molar refractivity (Wildman–Crippen MR) is 67.7 cm³/mol. The van der Waals surface area contributed by atoms with Gasteiger partial charge >= 0.3 is 5.97 Å². The van der Waals surface area contributed by atoms with Crippen LogP contribution in [0.25, 0.3) is 10.9 Å². The van der Waals surface area contributed by atoms with E-state index in [1.165, 1.54) is 0 Å². The van der Waals surface area contributed by atoms with Crippen LogP contribution in [0.2, 0.25) is 0 Å². The SMILES string of the molecule is Cc1cc(C)c2nc(C)c(C)c(C(=O)O)c2c1. The summed E-state index contributed by atoms with van der Waals surface area (Å²) in [6, 6.07) is 3.92. The first kappa shape index (κ1) is 11.6. The third kappa shape index (κ3) is 1.78. The average Bonchev–Trinajstić information content (AvgIpc) is 2.20. The Labute approximate surface area is 100 Å². The van der Waals surface area contributed by atoms with Gasteiger partial charge in [0.15, 0.2) is 0 Å². The van der Waals surface area contributed by atoms with Crippen molar-refractivity contribution in [2.45, 2.75) is 27.7 Å². The lowest BCUT2D eigenvalue weighted by atomic mass is 9.98. The molecule has 0 unspecified atom stereocenters. The third-order valence-electron chi connectivity index (χ3n) is 3.13. The highest BCUT2D eigenvalue weighted by Crippen LogP contribution is 2.26. The fourth-order valence-electron chi connectivity index (χ4n) is 2.21. The maximum atomic E-state index is 11.4. The van der Waals surface area contributed by atoms with E-state index in [1.807, 2.05) is 39.8 Å². The van der Waals surface area contributed by atoms with Crippen LogP contribution < -0.4 is 0 Å². The van der Waals surface area contributed by atoms with E-state index in [2.05, 4.69) is 4.98 Å². The van der Waals surface area contributed by atoms with E-state index in [0.717, 1.165) is 33.3 Å². The summed E-state index contributed by atoms with van der Waals surface area (Å²) in [6.45, 7) is 7.58. The highest BCUT2D eigenvalue weighted by molar-refractivity contribution is 6.05. The zero-order valence-corrected chi connectivity index (χ0v) is 10.5. The number of aromatic nitrogens is 1. The number of aryl methyl sites for hydroxylation is 3. The quantitative estimate of drug-likeness (QED) is 0.817. The van der Waals surface area contributed by atoms with Gasteiger partial charge in [-0.1, -0.05) is 11.6 Å².